The zero-order valence-corrected chi connectivity index (χ0v) is 15.4. The van der Waals surface area contributed by atoms with Crippen LogP contribution >= 0.6 is 15.9 Å². The highest BCUT2D eigenvalue weighted by molar-refractivity contribution is 9.10. The molecule has 1 aromatic carbocycles. The van der Waals surface area contributed by atoms with Crippen molar-refractivity contribution in [1.82, 2.24) is 10.9 Å². The molecule has 2 atom stereocenters. The highest BCUT2D eigenvalue weighted by Crippen LogP contribution is 2.15. The summed E-state index contributed by atoms with van der Waals surface area (Å²) < 4.78 is 11.9. The van der Waals surface area contributed by atoms with E-state index in [-0.39, 0.29) is 24.7 Å². The fourth-order valence-corrected chi connectivity index (χ4v) is 2.92. The first-order valence-electron chi connectivity index (χ1n) is 7.87. The number of ether oxygens (including phenoxy) is 2. The van der Waals surface area contributed by atoms with E-state index in [0.29, 0.717) is 12.3 Å². The summed E-state index contributed by atoms with van der Waals surface area (Å²) in [6.45, 7) is 5.67. The summed E-state index contributed by atoms with van der Waals surface area (Å²) in [5.74, 6) is -0.0614. The van der Waals surface area contributed by atoms with Gasteiger partial charge in [0, 0.05) is 4.47 Å². The van der Waals surface area contributed by atoms with Crippen molar-refractivity contribution in [3.8, 4) is 5.75 Å². The Morgan fingerprint density at radius 1 is 1.17 bits per heavy atom. The van der Waals surface area contributed by atoms with E-state index in [1.165, 1.54) is 0 Å². The SMILES string of the molecule is C[C@H]1C[NH+](CC(=O)NNC(=O)COc2ccc(Br)cc2)C[C@H](C)O1. The number of rotatable bonds is 5. The van der Waals surface area contributed by atoms with Crippen molar-refractivity contribution in [2.45, 2.75) is 26.1 Å². The van der Waals surface area contributed by atoms with Crippen LogP contribution in [0.4, 0.5) is 0 Å². The normalized spacial score (nSPS) is 23.4. The number of carbonyl (C=O) groups excluding carboxylic acids is 2. The minimum Gasteiger partial charge on any atom is -0.484 e. The molecule has 1 heterocycles. The van der Waals surface area contributed by atoms with Gasteiger partial charge in [0.2, 0.25) is 0 Å². The zero-order chi connectivity index (χ0) is 17.5. The maximum Gasteiger partial charge on any atom is 0.293 e. The number of nitrogens with one attached hydrogen (secondary N) is 3. The molecular weight excluding hydrogens is 378 g/mol. The number of benzene rings is 1. The highest BCUT2D eigenvalue weighted by Gasteiger charge is 2.27. The average molecular weight is 401 g/mol. The molecule has 0 radical (unpaired) electrons. The number of amides is 2. The number of halogens is 1. The van der Waals surface area contributed by atoms with Crippen LogP contribution in [0.15, 0.2) is 28.7 Å². The number of hydrogen-bond acceptors (Lipinski definition) is 4. The maximum absolute atomic E-state index is 11.9. The second-order valence-corrected chi connectivity index (χ2v) is 6.85. The van der Waals surface area contributed by atoms with Gasteiger partial charge < -0.3 is 14.4 Å². The second kappa shape index (κ2) is 9.00. The van der Waals surface area contributed by atoms with Gasteiger partial charge in [0.05, 0.1) is 0 Å². The van der Waals surface area contributed by atoms with Crippen LogP contribution in [0.3, 0.4) is 0 Å². The fraction of sp³-hybridized carbons (Fsp3) is 0.500. The van der Waals surface area contributed by atoms with E-state index >= 15 is 0 Å². The van der Waals surface area contributed by atoms with E-state index in [1.54, 1.807) is 12.1 Å². The molecule has 1 fully saturated rings. The van der Waals surface area contributed by atoms with E-state index in [9.17, 15) is 9.59 Å². The van der Waals surface area contributed by atoms with E-state index in [4.69, 9.17) is 9.47 Å². The predicted octanol–water partition coefficient (Wildman–Crippen LogP) is -0.333. The predicted molar refractivity (Wildman–Crippen MR) is 91.5 cm³/mol. The summed E-state index contributed by atoms with van der Waals surface area (Å²) in [5, 5.41) is 0. The topological polar surface area (TPSA) is 81.1 Å². The third-order valence-corrected chi connectivity index (χ3v) is 4.08. The monoisotopic (exact) mass is 400 g/mol. The number of hydrogen-bond donors (Lipinski definition) is 3. The summed E-state index contributed by atoms with van der Waals surface area (Å²) in [5.41, 5.74) is 4.78. The molecule has 0 saturated carbocycles. The average Bonchev–Trinajstić information content (AvgIpc) is 2.51. The van der Waals surface area contributed by atoms with Crippen LogP contribution in [-0.2, 0) is 14.3 Å². The van der Waals surface area contributed by atoms with Gasteiger partial charge in [0.15, 0.2) is 13.2 Å². The van der Waals surface area contributed by atoms with Crippen molar-refractivity contribution >= 4 is 27.7 Å². The van der Waals surface area contributed by atoms with Gasteiger partial charge in [-0.2, -0.15) is 0 Å². The summed E-state index contributed by atoms with van der Waals surface area (Å²) >= 11 is 3.32. The summed E-state index contributed by atoms with van der Waals surface area (Å²) in [6, 6.07) is 7.14. The molecule has 132 valence electrons. The lowest BCUT2D eigenvalue weighted by Gasteiger charge is -2.31. The van der Waals surface area contributed by atoms with Crippen LogP contribution in [0.25, 0.3) is 0 Å². The van der Waals surface area contributed by atoms with Gasteiger partial charge >= 0.3 is 0 Å². The lowest BCUT2D eigenvalue weighted by Crippen LogP contribution is -3.16. The van der Waals surface area contributed by atoms with Crippen LogP contribution < -0.4 is 20.5 Å². The number of hydrazine groups is 1. The third-order valence-electron chi connectivity index (χ3n) is 3.55. The van der Waals surface area contributed by atoms with Gasteiger partial charge in [-0.15, -0.1) is 0 Å². The Bertz CT molecular complexity index is 557. The van der Waals surface area contributed by atoms with Gasteiger partial charge in [-0.25, -0.2) is 0 Å². The van der Waals surface area contributed by atoms with E-state index in [0.717, 1.165) is 22.5 Å². The number of quaternary nitrogens is 1. The number of carbonyl (C=O) groups is 2. The van der Waals surface area contributed by atoms with Crippen molar-refractivity contribution in [3.05, 3.63) is 28.7 Å². The molecule has 7 nitrogen and oxygen atoms in total. The van der Waals surface area contributed by atoms with Crippen LogP contribution in [0.5, 0.6) is 5.75 Å². The van der Waals surface area contributed by atoms with Crippen LogP contribution in [0.1, 0.15) is 13.8 Å². The Hall–Kier alpha value is -1.64. The molecule has 0 aromatic heterocycles. The van der Waals surface area contributed by atoms with Crippen molar-refractivity contribution in [1.29, 1.82) is 0 Å². The van der Waals surface area contributed by atoms with Crippen molar-refractivity contribution < 1.29 is 24.0 Å². The van der Waals surface area contributed by atoms with Gasteiger partial charge in [0.1, 0.15) is 31.0 Å². The largest absolute Gasteiger partial charge is 0.484 e. The molecule has 0 unspecified atom stereocenters. The van der Waals surface area contributed by atoms with Crippen molar-refractivity contribution in [2.24, 2.45) is 0 Å². The molecular formula is C16H23BrN3O4+. The lowest BCUT2D eigenvalue weighted by atomic mass is 10.2. The molecule has 2 amide bonds. The Balaban J connectivity index is 1.65. The molecule has 1 aliphatic rings. The summed E-state index contributed by atoms with van der Waals surface area (Å²) in [6.07, 6.45) is 0.260. The molecule has 0 aliphatic carbocycles. The fourth-order valence-electron chi connectivity index (χ4n) is 2.66. The molecule has 1 aliphatic heterocycles. The molecule has 2 rings (SSSR count). The Morgan fingerprint density at radius 2 is 1.75 bits per heavy atom. The third kappa shape index (κ3) is 6.46. The smallest absolute Gasteiger partial charge is 0.293 e. The summed E-state index contributed by atoms with van der Waals surface area (Å²) in [7, 11) is 0. The first-order chi connectivity index (χ1) is 11.4. The summed E-state index contributed by atoms with van der Waals surface area (Å²) in [4.78, 5) is 24.7. The lowest BCUT2D eigenvalue weighted by molar-refractivity contribution is -0.907. The van der Waals surface area contributed by atoms with Crippen molar-refractivity contribution in [3.63, 3.8) is 0 Å². The van der Waals surface area contributed by atoms with Gasteiger partial charge in [-0.05, 0) is 38.1 Å². The van der Waals surface area contributed by atoms with Gasteiger partial charge in [0.25, 0.3) is 11.8 Å². The van der Waals surface area contributed by atoms with Crippen LogP contribution in [0, 0.1) is 0 Å². The zero-order valence-electron chi connectivity index (χ0n) is 13.8. The van der Waals surface area contributed by atoms with E-state index in [1.807, 2.05) is 26.0 Å². The molecule has 1 saturated heterocycles. The Morgan fingerprint density at radius 3 is 2.38 bits per heavy atom. The first kappa shape index (κ1) is 18.7. The maximum atomic E-state index is 11.9. The molecule has 0 bridgehead atoms. The Labute approximate surface area is 149 Å². The highest BCUT2D eigenvalue weighted by atomic mass is 79.9. The molecule has 8 heteroatoms. The van der Waals surface area contributed by atoms with E-state index < -0.39 is 5.91 Å². The van der Waals surface area contributed by atoms with Gasteiger partial charge in [-0.3, -0.25) is 20.4 Å². The van der Waals surface area contributed by atoms with Crippen LogP contribution in [-0.4, -0.2) is 50.3 Å². The minimum absolute atomic E-state index is 0.130. The van der Waals surface area contributed by atoms with Gasteiger partial charge in [-0.1, -0.05) is 15.9 Å². The van der Waals surface area contributed by atoms with Crippen molar-refractivity contribution in [2.75, 3.05) is 26.2 Å². The standard InChI is InChI=1S/C16H22BrN3O4/c1-11-7-20(8-12(2)24-11)9-15(21)18-19-16(22)10-23-14-5-3-13(17)4-6-14/h3-6,11-12H,7-10H2,1-2H3,(H,18,21)(H,19,22)/p+1/t11-,12-/m0/s1. The van der Waals surface area contributed by atoms with Crippen LogP contribution in [0.2, 0.25) is 0 Å². The number of morpholine rings is 1. The quantitative estimate of drug-likeness (QED) is 0.591. The molecule has 0 spiro atoms. The Kier molecular flexibility index (Phi) is 7.01. The first-order valence-corrected chi connectivity index (χ1v) is 8.66. The molecule has 1 aromatic rings. The molecule has 3 N–H and O–H groups in total. The van der Waals surface area contributed by atoms with E-state index in [2.05, 4.69) is 26.8 Å². The minimum atomic E-state index is -0.412. The second-order valence-electron chi connectivity index (χ2n) is 5.93. The molecule has 24 heavy (non-hydrogen) atoms.